The topological polar surface area (TPSA) is 155 Å². The van der Waals surface area contributed by atoms with Crippen LogP contribution in [0.5, 0.6) is 0 Å². The number of benzene rings is 1. The maximum absolute atomic E-state index is 15.1. The van der Waals surface area contributed by atoms with E-state index >= 15 is 4.79 Å². The number of aliphatic hydroxyl groups excluding tert-OH is 1. The lowest BCUT2D eigenvalue weighted by atomic mass is 9.44. The van der Waals surface area contributed by atoms with Crippen molar-refractivity contribution in [3.63, 3.8) is 0 Å². The van der Waals surface area contributed by atoms with E-state index in [0.29, 0.717) is 11.1 Å². The van der Waals surface area contributed by atoms with Crippen LogP contribution in [0.3, 0.4) is 0 Å². The Balaban J connectivity index is 1.86. The number of carbonyl (C=O) groups excluding carboxylic acids is 4. The molecule has 0 spiro atoms. The standard InChI is InChI=1S/C35H46O11/c1-18-22(46-31(4,5)6)16-35(41)29(44-30(40)21-13-11-10-12-14-21)27-33(9,23(38)15-24-34(27,17-42-24)45-20(3)37)28(39)26(43-19(2)36)25(18)32(35,7)8/h10-14,22-24,26-27,29,38,41H,15-17H2,1-9H3/t22-,23-,24+,26+,27+,29+,33+,34-,35+/m0/s1. The molecule has 2 saturated carbocycles. The third-order valence-corrected chi connectivity index (χ3v) is 10.7. The maximum Gasteiger partial charge on any atom is 0.338 e. The fraction of sp³-hybridized carbons (Fsp3) is 0.657. The molecule has 5 rings (SSSR count). The van der Waals surface area contributed by atoms with Gasteiger partial charge in [0.2, 0.25) is 0 Å². The molecular weight excluding hydrogens is 596 g/mol. The van der Waals surface area contributed by atoms with E-state index in [1.807, 2.05) is 20.8 Å². The summed E-state index contributed by atoms with van der Waals surface area (Å²) in [6.45, 7) is 14.5. The van der Waals surface area contributed by atoms with Gasteiger partial charge in [0, 0.05) is 32.1 Å². The first kappa shape index (κ1) is 34.2. The maximum atomic E-state index is 15.1. The highest BCUT2D eigenvalue weighted by Crippen LogP contribution is 2.64. The average molecular weight is 643 g/mol. The molecule has 1 aromatic carbocycles. The molecule has 252 valence electrons. The fourth-order valence-electron chi connectivity index (χ4n) is 8.44. The Hall–Kier alpha value is -3.12. The van der Waals surface area contributed by atoms with Gasteiger partial charge in [0.25, 0.3) is 0 Å². The van der Waals surface area contributed by atoms with Crippen LogP contribution in [0.2, 0.25) is 0 Å². The molecule has 46 heavy (non-hydrogen) atoms. The van der Waals surface area contributed by atoms with Crippen molar-refractivity contribution in [1.82, 2.24) is 0 Å². The van der Waals surface area contributed by atoms with Crippen molar-refractivity contribution in [2.24, 2.45) is 16.7 Å². The molecule has 1 heterocycles. The Morgan fingerprint density at radius 2 is 1.63 bits per heavy atom. The summed E-state index contributed by atoms with van der Waals surface area (Å²) in [5.41, 5.74) is -6.45. The van der Waals surface area contributed by atoms with Crippen molar-refractivity contribution in [2.75, 3.05) is 6.61 Å². The van der Waals surface area contributed by atoms with Gasteiger partial charge in [-0.1, -0.05) is 32.0 Å². The van der Waals surface area contributed by atoms with E-state index in [-0.39, 0.29) is 25.0 Å². The van der Waals surface area contributed by atoms with Crippen LogP contribution in [0.25, 0.3) is 0 Å². The molecule has 11 heteroatoms. The number of aliphatic hydroxyl groups is 2. The third-order valence-electron chi connectivity index (χ3n) is 10.7. The van der Waals surface area contributed by atoms with Gasteiger partial charge in [0.05, 0.1) is 41.3 Å². The van der Waals surface area contributed by atoms with Crippen molar-refractivity contribution >= 4 is 23.7 Å². The van der Waals surface area contributed by atoms with Gasteiger partial charge in [0.1, 0.15) is 17.8 Å². The number of esters is 3. The number of carbonyl (C=O) groups is 4. The molecule has 0 amide bonds. The van der Waals surface area contributed by atoms with Gasteiger partial charge in [-0.25, -0.2) is 4.79 Å². The number of ketones is 1. The zero-order chi connectivity index (χ0) is 34.2. The van der Waals surface area contributed by atoms with Crippen LogP contribution in [0.1, 0.15) is 85.5 Å². The molecule has 0 radical (unpaired) electrons. The summed E-state index contributed by atoms with van der Waals surface area (Å²) < 4.78 is 30.6. The number of hydrogen-bond donors (Lipinski definition) is 2. The smallest absolute Gasteiger partial charge is 0.338 e. The molecule has 9 atom stereocenters. The Labute approximate surface area is 269 Å². The SMILES string of the molecule is CC(=O)O[C@H]1C(=O)[C@]2(C)[C@@H](O)C[C@H]3OC[C@@]3(OC(C)=O)[C@@H]2[C@@H](OC(=O)c2ccccc2)[C@]2(O)C[C@H](OC(C)(C)C)C(C)=C1C2(C)C. The van der Waals surface area contributed by atoms with Gasteiger partial charge in [0.15, 0.2) is 17.5 Å². The second-order valence-electron chi connectivity index (χ2n) is 15.0. The number of fused-ring (bicyclic) bond motifs is 5. The molecule has 2 N–H and O–H groups in total. The lowest BCUT2D eigenvalue weighted by Gasteiger charge is -2.67. The summed E-state index contributed by atoms with van der Waals surface area (Å²) in [6, 6.07) is 8.21. The molecule has 1 saturated heterocycles. The predicted octanol–water partition coefficient (Wildman–Crippen LogP) is 3.48. The van der Waals surface area contributed by atoms with Crippen molar-refractivity contribution in [2.45, 2.75) is 122 Å². The van der Waals surface area contributed by atoms with Crippen molar-refractivity contribution < 1.29 is 53.1 Å². The van der Waals surface area contributed by atoms with E-state index in [1.54, 1.807) is 51.1 Å². The van der Waals surface area contributed by atoms with E-state index < -0.39 is 87.8 Å². The number of rotatable bonds is 5. The number of hydrogen-bond acceptors (Lipinski definition) is 11. The summed E-state index contributed by atoms with van der Waals surface area (Å²) in [4.78, 5) is 54.5. The summed E-state index contributed by atoms with van der Waals surface area (Å²) in [5.74, 6) is -4.19. The van der Waals surface area contributed by atoms with E-state index in [0.717, 1.165) is 0 Å². The predicted molar refractivity (Wildman–Crippen MR) is 163 cm³/mol. The second kappa shape index (κ2) is 11.2. The molecule has 0 unspecified atom stereocenters. The first-order valence-corrected chi connectivity index (χ1v) is 15.8. The van der Waals surface area contributed by atoms with Crippen LogP contribution >= 0.6 is 0 Å². The molecule has 1 aliphatic heterocycles. The van der Waals surface area contributed by atoms with Crippen LogP contribution in [0.4, 0.5) is 0 Å². The fourth-order valence-corrected chi connectivity index (χ4v) is 8.44. The van der Waals surface area contributed by atoms with E-state index in [1.165, 1.54) is 20.8 Å². The molecule has 3 fully saturated rings. The normalized spacial score (nSPS) is 38.3. The quantitative estimate of drug-likeness (QED) is 0.276. The third kappa shape index (κ3) is 5.10. The molecule has 2 bridgehead atoms. The largest absolute Gasteiger partial charge is 0.455 e. The van der Waals surface area contributed by atoms with Crippen LogP contribution in [0.15, 0.2) is 41.5 Å². The summed E-state index contributed by atoms with van der Waals surface area (Å²) in [7, 11) is 0. The Morgan fingerprint density at radius 3 is 2.15 bits per heavy atom. The minimum atomic E-state index is -2.02. The Morgan fingerprint density at radius 1 is 1.00 bits per heavy atom. The van der Waals surface area contributed by atoms with Gasteiger partial charge in [-0.2, -0.15) is 0 Å². The summed E-state index contributed by atoms with van der Waals surface area (Å²) in [5, 5.41) is 25.2. The highest BCUT2D eigenvalue weighted by molar-refractivity contribution is 5.95. The van der Waals surface area contributed by atoms with Crippen LogP contribution < -0.4 is 0 Å². The van der Waals surface area contributed by atoms with Gasteiger partial charge in [-0.05, 0) is 57.9 Å². The first-order chi connectivity index (χ1) is 21.2. The van der Waals surface area contributed by atoms with Gasteiger partial charge in [-0.3, -0.25) is 14.4 Å². The second-order valence-corrected chi connectivity index (χ2v) is 15.0. The number of Topliss-reactive ketones (excluding diaryl/α,β-unsaturated/α-hetero) is 1. The highest BCUT2D eigenvalue weighted by atomic mass is 16.6. The zero-order valence-electron chi connectivity index (χ0n) is 28.0. The Bertz CT molecular complexity index is 1460. The van der Waals surface area contributed by atoms with Crippen LogP contribution in [-0.2, 0) is 38.1 Å². The summed E-state index contributed by atoms with van der Waals surface area (Å²) >= 11 is 0. The zero-order valence-corrected chi connectivity index (χ0v) is 28.0. The van der Waals surface area contributed by atoms with E-state index in [9.17, 15) is 24.6 Å². The minimum Gasteiger partial charge on any atom is -0.455 e. The van der Waals surface area contributed by atoms with Gasteiger partial charge < -0.3 is 33.9 Å². The van der Waals surface area contributed by atoms with Crippen LogP contribution in [-0.4, -0.2) is 87.8 Å². The lowest BCUT2D eigenvalue weighted by molar-refractivity contribution is -0.346. The van der Waals surface area contributed by atoms with E-state index in [2.05, 4.69) is 0 Å². The van der Waals surface area contributed by atoms with E-state index in [4.69, 9.17) is 23.7 Å². The average Bonchev–Trinajstić information content (AvgIpc) is 2.94. The minimum absolute atomic E-state index is 0.0895. The molecular formula is C35H46O11. The molecule has 11 nitrogen and oxygen atoms in total. The Kier molecular flexibility index (Phi) is 8.37. The molecule has 0 aromatic heterocycles. The molecule has 3 aliphatic carbocycles. The van der Waals surface area contributed by atoms with Crippen molar-refractivity contribution in [3.8, 4) is 0 Å². The van der Waals surface area contributed by atoms with Gasteiger partial charge in [-0.15, -0.1) is 0 Å². The van der Waals surface area contributed by atoms with Crippen molar-refractivity contribution in [1.29, 1.82) is 0 Å². The van der Waals surface area contributed by atoms with Crippen LogP contribution in [0, 0.1) is 16.7 Å². The first-order valence-electron chi connectivity index (χ1n) is 15.8. The highest BCUT2D eigenvalue weighted by Gasteiger charge is 2.78. The molecule has 1 aromatic rings. The number of ether oxygens (including phenoxy) is 5. The van der Waals surface area contributed by atoms with Crippen molar-refractivity contribution in [3.05, 3.63) is 47.0 Å². The lowest BCUT2D eigenvalue weighted by Crippen LogP contribution is -2.82. The monoisotopic (exact) mass is 642 g/mol. The summed E-state index contributed by atoms with van der Waals surface area (Å²) in [6.07, 6.45) is -6.34. The molecule has 4 aliphatic rings. The van der Waals surface area contributed by atoms with Gasteiger partial charge >= 0.3 is 17.9 Å².